The van der Waals surface area contributed by atoms with Crippen LogP contribution in [-0.4, -0.2) is 15.7 Å². The maximum absolute atomic E-state index is 11.6. The van der Waals surface area contributed by atoms with E-state index >= 15 is 0 Å². The second kappa shape index (κ2) is 5.30. The predicted molar refractivity (Wildman–Crippen MR) is 65.3 cm³/mol. The van der Waals surface area contributed by atoms with E-state index in [0.717, 1.165) is 5.56 Å². The van der Waals surface area contributed by atoms with Gasteiger partial charge in [-0.25, -0.2) is 0 Å². The van der Waals surface area contributed by atoms with Crippen molar-refractivity contribution in [3.8, 4) is 0 Å². The zero-order valence-corrected chi connectivity index (χ0v) is 9.76. The molecule has 2 aromatic rings. The number of hydrogen-bond acceptors (Lipinski definition) is 2. The molecule has 1 aromatic heterocycles. The van der Waals surface area contributed by atoms with Crippen LogP contribution in [0.25, 0.3) is 0 Å². The fourth-order valence-corrected chi connectivity index (χ4v) is 1.60. The van der Waals surface area contributed by atoms with Crippen LogP contribution in [0.1, 0.15) is 11.1 Å². The van der Waals surface area contributed by atoms with Crippen LogP contribution in [0.2, 0.25) is 0 Å². The lowest BCUT2D eigenvalue weighted by molar-refractivity contribution is -0.122. The first-order chi connectivity index (χ1) is 8.25. The monoisotopic (exact) mass is 229 g/mol. The van der Waals surface area contributed by atoms with Gasteiger partial charge in [-0.2, -0.15) is 5.10 Å². The largest absolute Gasteiger partial charge is 0.350 e. The Kier molecular flexibility index (Phi) is 3.55. The molecule has 0 saturated heterocycles. The topological polar surface area (TPSA) is 46.9 Å². The predicted octanol–water partition coefficient (Wildman–Crippen LogP) is 1.51. The van der Waals surface area contributed by atoms with E-state index in [4.69, 9.17) is 0 Å². The Hall–Kier alpha value is -2.10. The van der Waals surface area contributed by atoms with E-state index in [0.29, 0.717) is 6.54 Å². The Balaban J connectivity index is 1.86. The molecule has 0 atom stereocenters. The van der Waals surface area contributed by atoms with E-state index in [2.05, 4.69) is 10.4 Å². The molecule has 0 fully saturated rings. The summed E-state index contributed by atoms with van der Waals surface area (Å²) in [7, 11) is 0. The van der Waals surface area contributed by atoms with Crippen molar-refractivity contribution in [3.63, 3.8) is 0 Å². The third kappa shape index (κ3) is 3.17. The molecular weight excluding hydrogens is 214 g/mol. The van der Waals surface area contributed by atoms with E-state index in [1.165, 1.54) is 5.56 Å². The minimum atomic E-state index is -0.0306. The molecule has 4 heteroatoms. The summed E-state index contributed by atoms with van der Waals surface area (Å²) in [6.45, 7) is 2.86. The first kappa shape index (κ1) is 11.4. The third-order valence-electron chi connectivity index (χ3n) is 2.60. The third-order valence-corrected chi connectivity index (χ3v) is 2.60. The van der Waals surface area contributed by atoms with Gasteiger partial charge in [0, 0.05) is 18.9 Å². The van der Waals surface area contributed by atoms with Crippen LogP contribution in [0.15, 0.2) is 42.7 Å². The van der Waals surface area contributed by atoms with Crippen molar-refractivity contribution in [1.29, 1.82) is 0 Å². The summed E-state index contributed by atoms with van der Waals surface area (Å²) in [6, 6.07) is 9.82. The molecule has 4 nitrogen and oxygen atoms in total. The average molecular weight is 229 g/mol. The van der Waals surface area contributed by atoms with Crippen molar-refractivity contribution in [3.05, 3.63) is 53.9 Å². The quantitative estimate of drug-likeness (QED) is 0.863. The molecule has 0 aliphatic rings. The Labute approximate surface area is 100 Å². The summed E-state index contributed by atoms with van der Waals surface area (Å²) in [5, 5.41) is 6.86. The van der Waals surface area contributed by atoms with Gasteiger partial charge in [0.05, 0.1) is 0 Å². The lowest BCUT2D eigenvalue weighted by atomic mass is 10.1. The molecule has 0 bridgehead atoms. The highest BCUT2D eigenvalue weighted by molar-refractivity contribution is 5.75. The summed E-state index contributed by atoms with van der Waals surface area (Å²) in [5.74, 6) is -0.0306. The number of aryl methyl sites for hydroxylation is 1. The Morgan fingerprint density at radius 1 is 1.35 bits per heavy atom. The molecule has 0 radical (unpaired) electrons. The van der Waals surface area contributed by atoms with Gasteiger partial charge in [0.1, 0.15) is 6.54 Å². The van der Waals surface area contributed by atoms with Crippen LogP contribution in [-0.2, 0) is 17.9 Å². The summed E-state index contributed by atoms with van der Waals surface area (Å²) in [6.07, 6.45) is 3.43. The zero-order valence-electron chi connectivity index (χ0n) is 9.76. The lowest BCUT2D eigenvalue weighted by Crippen LogP contribution is -2.27. The summed E-state index contributed by atoms with van der Waals surface area (Å²) in [5.41, 5.74) is 2.33. The second-order valence-corrected chi connectivity index (χ2v) is 3.91. The molecule has 0 spiro atoms. The molecule has 2 rings (SSSR count). The number of rotatable bonds is 4. The highest BCUT2D eigenvalue weighted by atomic mass is 16.2. The number of benzene rings is 1. The van der Waals surface area contributed by atoms with Crippen LogP contribution in [0, 0.1) is 6.92 Å². The second-order valence-electron chi connectivity index (χ2n) is 3.91. The average Bonchev–Trinajstić information content (AvgIpc) is 2.81. The number of carbonyl (C=O) groups is 1. The number of nitrogens with one attached hydrogen (secondary N) is 1. The van der Waals surface area contributed by atoms with Crippen LogP contribution >= 0.6 is 0 Å². The fourth-order valence-electron chi connectivity index (χ4n) is 1.60. The van der Waals surface area contributed by atoms with Crippen LogP contribution in [0.4, 0.5) is 0 Å². The molecule has 1 heterocycles. The summed E-state index contributed by atoms with van der Waals surface area (Å²) in [4.78, 5) is 11.6. The highest BCUT2D eigenvalue weighted by Crippen LogP contribution is 2.05. The van der Waals surface area contributed by atoms with Crippen molar-refractivity contribution in [2.75, 3.05) is 0 Å². The summed E-state index contributed by atoms with van der Waals surface area (Å²) >= 11 is 0. The van der Waals surface area contributed by atoms with Gasteiger partial charge in [-0.05, 0) is 24.1 Å². The standard InChI is InChI=1S/C13H15N3O/c1-11-5-2-3-6-12(11)9-14-13(17)10-16-8-4-7-15-16/h2-8H,9-10H2,1H3,(H,14,17). The zero-order chi connectivity index (χ0) is 12.1. The van der Waals surface area contributed by atoms with Gasteiger partial charge in [0.25, 0.3) is 0 Å². The van der Waals surface area contributed by atoms with Gasteiger partial charge in [0.15, 0.2) is 0 Å². The van der Waals surface area contributed by atoms with Gasteiger partial charge >= 0.3 is 0 Å². The van der Waals surface area contributed by atoms with E-state index in [9.17, 15) is 4.79 Å². The Morgan fingerprint density at radius 3 is 2.88 bits per heavy atom. The highest BCUT2D eigenvalue weighted by Gasteiger charge is 2.03. The molecule has 1 N–H and O–H groups in total. The van der Waals surface area contributed by atoms with Gasteiger partial charge in [-0.15, -0.1) is 0 Å². The lowest BCUT2D eigenvalue weighted by Gasteiger charge is -2.07. The molecular formula is C13H15N3O. The van der Waals surface area contributed by atoms with Crippen molar-refractivity contribution in [2.24, 2.45) is 0 Å². The van der Waals surface area contributed by atoms with Crippen molar-refractivity contribution < 1.29 is 4.79 Å². The Bertz CT molecular complexity index is 491. The normalized spacial score (nSPS) is 10.2. The SMILES string of the molecule is Cc1ccccc1CNC(=O)Cn1cccn1. The van der Waals surface area contributed by atoms with Gasteiger partial charge < -0.3 is 5.32 Å². The van der Waals surface area contributed by atoms with E-state index < -0.39 is 0 Å². The van der Waals surface area contributed by atoms with Crippen LogP contribution in [0.3, 0.4) is 0 Å². The first-order valence-corrected chi connectivity index (χ1v) is 5.54. The minimum Gasteiger partial charge on any atom is -0.350 e. The number of aromatic nitrogens is 2. The maximum atomic E-state index is 11.6. The van der Waals surface area contributed by atoms with E-state index in [1.807, 2.05) is 31.2 Å². The molecule has 1 amide bonds. The molecule has 0 saturated carbocycles. The maximum Gasteiger partial charge on any atom is 0.241 e. The van der Waals surface area contributed by atoms with Crippen molar-refractivity contribution in [1.82, 2.24) is 15.1 Å². The number of nitrogens with zero attached hydrogens (tertiary/aromatic N) is 2. The van der Waals surface area contributed by atoms with Gasteiger partial charge in [-0.1, -0.05) is 24.3 Å². The van der Waals surface area contributed by atoms with Crippen LogP contribution < -0.4 is 5.32 Å². The molecule has 0 unspecified atom stereocenters. The molecule has 0 aliphatic heterocycles. The molecule has 88 valence electrons. The smallest absolute Gasteiger partial charge is 0.241 e. The van der Waals surface area contributed by atoms with Gasteiger partial charge in [0.2, 0.25) is 5.91 Å². The molecule has 1 aromatic carbocycles. The van der Waals surface area contributed by atoms with Crippen LogP contribution in [0.5, 0.6) is 0 Å². The fraction of sp³-hybridized carbons (Fsp3) is 0.231. The summed E-state index contributed by atoms with van der Waals surface area (Å²) < 4.78 is 1.60. The molecule has 17 heavy (non-hydrogen) atoms. The van der Waals surface area contributed by atoms with Crippen molar-refractivity contribution in [2.45, 2.75) is 20.0 Å². The van der Waals surface area contributed by atoms with Gasteiger partial charge in [-0.3, -0.25) is 9.48 Å². The minimum absolute atomic E-state index is 0.0306. The number of amides is 1. The Morgan fingerprint density at radius 2 is 2.18 bits per heavy atom. The van der Waals surface area contributed by atoms with Crippen molar-refractivity contribution >= 4 is 5.91 Å². The van der Waals surface area contributed by atoms with E-state index in [1.54, 1.807) is 23.1 Å². The number of carbonyl (C=O) groups excluding carboxylic acids is 1. The molecule has 0 aliphatic carbocycles. The number of hydrogen-bond donors (Lipinski definition) is 1. The van der Waals surface area contributed by atoms with E-state index in [-0.39, 0.29) is 12.5 Å². The first-order valence-electron chi connectivity index (χ1n) is 5.54.